The van der Waals surface area contributed by atoms with Crippen LogP contribution in [0.1, 0.15) is 35.6 Å². The van der Waals surface area contributed by atoms with Gasteiger partial charge in [0, 0.05) is 18.1 Å². The first kappa shape index (κ1) is 35.0. The van der Waals surface area contributed by atoms with Gasteiger partial charge in [-0.15, -0.1) is 11.8 Å². The first-order valence-corrected chi connectivity index (χ1v) is 16.8. The van der Waals surface area contributed by atoms with Gasteiger partial charge in [0.05, 0.1) is 7.11 Å². The van der Waals surface area contributed by atoms with Crippen LogP contribution in [0.25, 0.3) is 0 Å². The van der Waals surface area contributed by atoms with E-state index >= 15 is 0 Å². The molecule has 0 spiro atoms. The van der Waals surface area contributed by atoms with Crippen LogP contribution in [0.5, 0.6) is 11.5 Å². The summed E-state index contributed by atoms with van der Waals surface area (Å²) in [7, 11) is 1.52. The summed E-state index contributed by atoms with van der Waals surface area (Å²) in [6.07, 6.45) is 3.08. The molecule has 2 bridgehead atoms. The number of hydrogen-bond donors (Lipinski definition) is 5. The van der Waals surface area contributed by atoms with E-state index in [-0.39, 0.29) is 23.7 Å². The highest BCUT2D eigenvalue weighted by Crippen LogP contribution is 2.28. The molecule has 5 N–H and O–H groups in total. The summed E-state index contributed by atoms with van der Waals surface area (Å²) in [4.78, 5) is 67.2. The molecular weight excluding hydrogens is 648 g/mol. The summed E-state index contributed by atoms with van der Waals surface area (Å²) in [6.45, 7) is -0.410. The molecule has 4 amide bonds. The summed E-state index contributed by atoms with van der Waals surface area (Å²) in [5.74, 6) is -3.00. The predicted molar refractivity (Wildman–Crippen MR) is 183 cm³/mol. The number of hydrogen-bond acceptors (Lipinski definition) is 8. The number of benzene rings is 3. The number of carboxylic acids is 1. The molecule has 3 aromatic rings. The van der Waals surface area contributed by atoms with Crippen molar-refractivity contribution in [1.82, 2.24) is 21.3 Å². The van der Waals surface area contributed by atoms with Crippen LogP contribution < -0.4 is 30.7 Å². The topological polar surface area (TPSA) is 172 Å². The van der Waals surface area contributed by atoms with Gasteiger partial charge >= 0.3 is 5.97 Å². The number of thioether (sulfide) groups is 1. The Hall–Kier alpha value is -5.30. The van der Waals surface area contributed by atoms with Gasteiger partial charge in [0.1, 0.15) is 29.6 Å². The SMILES string of the molecule is COc1cccc(C[C@@H]2NC(=O)[C@H](CC3CC=CS3)NC(=O)COc3ccc(cc3)C(C(=O)O)NC(=O)[C@H](Cc3ccccc3)NC2=O)c1. The monoisotopic (exact) mass is 686 g/mol. The lowest BCUT2D eigenvalue weighted by atomic mass is 10.0. The molecule has 3 aliphatic rings. The summed E-state index contributed by atoms with van der Waals surface area (Å²) in [5, 5.41) is 23.0. The Bertz CT molecular complexity index is 1680. The van der Waals surface area contributed by atoms with Crippen LogP contribution in [0, 0.1) is 0 Å². The number of allylic oxidation sites excluding steroid dienone is 1. The minimum Gasteiger partial charge on any atom is -0.497 e. The van der Waals surface area contributed by atoms with Crippen molar-refractivity contribution in [3.8, 4) is 11.5 Å². The zero-order valence-electron chi connectivity index (χ0n) is 26.8. The average molecular weight is 687 g/mol. The van der Waals surface area contributed by atoms with Crippen LogP contribution in [-0.2, 0) is 36.8 Å². The Morgan fingerprint density at radius 1 is 0.816 bits per heavy atom. The number of fused-ring (bicyclic) bond motifs is 15. The highest BCUT2D eigenvalue weighted by Gasteiger charge is 2.33. The van der Waals surface area contributed by atoms with Crippen molar-refractivity contribution in [1.29, 1.82) is 0 Å². The van der Waals surface area contributed by atoms with E-state index in [1.807, 2.05) is 17.6 Å². The molecule has 0 aromatic heterocycles. The van der Waals surface area contributed by atoms with Gasteiger partial charge in [0.25, 0.3) is 5.91 Å². The molecule has 6 rings (SSSR count). The Balaban J connectivity index is 1.51. The molecule has 5 atom stereocenters. The minimum absolute atomic E-state index is 0.0293. The third kappa shape index (κ3) is 9.86. The standard InChI is InChI=1S/C36H38N4O8S/c1-47-26-10-5-9-23(17-26)19-29-33(42)38-28(18-22-7-3-2-4-8-22)35(44)40-32(36(45)46)24-12-14-25(15-13-24)48-21-31(41)37-30(34(43)39-29)20-27-11-6-16-49-27/h2-10,12-17,27-30,32H,11,18-21H2,1H3,(H,37,41)(H,38,42)(H,39,43)(H,40,44)(H,45,46)/t27?,28-,29-,30-,32?/m0/s1. The van der Waals surface area contributed by atoms with Gasteiger partial charge in [0.15, 0.2) is 12.6 Å². The smallest absolute Gasteiger partial charge is 0.330 e. The van der Waals surface area contributed by atoms with Gasteiger partial charge in [-0.25, -0.2) is 4.79 Å². The molecule has 0 radical (unpaired) electrons. The quantitative estimate of drug-likeness (QED) is 0.224. The molecule has 2 unspecified atom stereocenters. The molecule has 0 aliphatic carbocycles. The highest BCUT2D eigenvalue weighted by atomic mass is 32.2. The van der Waals surface area contributed by atoms with Crippen LogP contribution in [0.4, 0.5) is 0 Å². The van der Waals surface area contributed by atoms with E-state index in [4.69, 9.17) is 9.47 Å². The zero-order chi connectivity index (χ0) is 34.8. The number of nitrogens with one attached hydrogen (secondary N) is 4. The van der Waals surface area contributed by atoms with Crippen molar-refractivity contribution in [2.75, 3.05) is 13.7 Å². The number of ether oxygens (including phenoxy) is 2. The van der Waals surface area contributed by atoms with Crippen LogP contribution in [0.2, 0.25) is 0 Å². The van der Waals surface area contributed by atoms with Crippen LogP contribution in [0.3, 0.4) is 0 Å². The molecule has 3 aliphatic heterocycles. The molecule has 0 saturated heterocycles. The lowest BCUT2D eigenvalue weighted by molar-refractivity contribution is -0.142. The zero-order valence-corrected chi connectivity index (χ0v) is 27.6. The van der Waals surface area contributed by atoms with E-state index in [1.54, 1.807) is 60.3 Å². The number of amides is 4. The van der Waals surface area contributed by atoms with Gasteiger partial charge in [-0.2, -0.15) is 0 Å². The van der Waals surface area contributed by atoms with Gasteiger partial charge in [-0.05, 0) is 59.2 Å². The molecule has 0 saturated carbocycles. The van der Waals surface area contributed by atoms with Crippen LogP contribution in [-0.4, -0.2) is 71.8 Å². The lowest BCUT2D eigenvalue weighted by Gasteiger charge is -2.27. The van der Waals surface area contributed by atoms with E-state index in [0.29, 0.717) is 29.9 Å². The van der Waals surface area contributed by atoms with Crippen molar-refractivity contribution >= 4 is 41.4 Å². The normalized spacial score (nSPS) is 23.2. The molecule has 13 heteroatoms. The fourth-order valence-electron chi connectivity index (χ4n) is 5.60. The highest BCUT2D eigenvalue weighted by molar-refractivity contribution is 8.03. The average Bonchev–Trinajstić information content (AvgIpc) is 3.62. The van der Waals surface area contributed by atoms with Gasteiger partial charge in [-0.3, -0.25) is 19.2 Å². The fraction of sp³-hybridized carbons (Fsp3) is 0.306. The van der Waals surface area contributed by atoms with Crippen molar-refractivity contribution in [3.05, 3.63) is 107 Å². The van der Waals surface area contributed by atoms with E-state index in [9.17, 15) is 29.1 Å². The van der Waals surface area contributed by atoms with Crippen molar-refractivity contribution in [2.24, 2.45) is 0 Å². The van der Waals surface area contributed by atoms with E-state index < -0.39 is 60.4 Å². The predicted octanol–water partition coefficient (Wildman–Crippen LogP) is 2.68. The van der Waals surface area contributed by atoms with Gasteiger partial charge in [0.2, 0.25) is 17.7 Å². The second-order valence-electron chi connectivity index (χ2n) is 11.7. The van der Waals surface area contributed by atoms with E-state index in [0.717, 1.165) is 5.56 Å². The van der Waals surface area contributed by atoms with Crippen molar-refractivity contribution in [3.63, 3.8) is 0 Å². The molecule has 0 fully saturated rings. The maximum Gasteiger partial charge on any atom is 0.330 e. The number of methoxy groups -OCH3 is 1. The molecule has 49 heavy (non-hydrogen) atoms. The maximum atomic E-state index is 14.1. The Labute approximate surface area is 288 Å². The maximum absolute atomic E-state index is 14.1. The van der Waals surface area contributed by atoms with E-state index in [2.05, 4.69) is 21.3 Å². The first-order valence-electron chi connectivity index (χ1n) is 15.8. The minimum atomic E-state index is -1.45. The molecule has 3 heterocycles. The summed E-state index contributed by atoms with van der Waals surface area (Å²) >= 11 is 1.56. The van der Waals surface area contributed by atoms with Crippen molar-refractivity contribution < 1.29 is 38.6 Å². The number of aliphatic carboxylic acids is 1. The number of rotatable bonds is 8. The third-order valence-corrected chi connectivity index (χ3v) is 9.28. The van der Waals surface area contributed by atoms with Crippen LogP contribution >= 0.6 is 11.8 Å². The Morgan fingerprint density at radius 3 is 2.12 bits per heavy atom. The Morgan fingerprint density at radius 2 is 1.47 bits per heavy atom. The second kappa shape index (κ2) is 16.7. The first-order chi connectivity index (χ1) is 23.7. The third-order valence-electron chi connectivity index (χ3n) is 8.16. The summed E-state index contributed by atoms with van der Waals surface area (Å²) < 4.78 is 11.0. The molecule has 3 aromatic carbocycles. The molecule has 12 nitrogen and oxygen atoms in total. The largest absolute Gasteiger partial charge is 0.497 e. The Kier molecular flexibility index (Phi) is 11.9. The molecule has 256 valence electrons. The van der Waals surface area contributed by atoms with Gasteiger partial charge < -0.3 is 35.8 Å². The summed E-state index contributed by atoms with van der Waals surface area (Å²) in [6, 6.07) is 17.1. The molecular formula is C36H38N4O8S. The van der Waals surface area contributed by atoms with Gasteiger partial charge in [-0.1, -0.05) is 60.7 Å². The van der Waals surface area contributed by atoms with E-state index in [1.165, 1.54) is 31.4 Å². The fourth-order valence-corrected chi connectivity index (χ4v) is 6.57. The summed E-state index contributed by atoms with van der Waals surface area (Å²) in [5.41, 5.74) is 1.65. The van der Waals surface area contributed by atoms with Crippen LogP contribution in [0.15, 0.2) is 90.3 Å². The van der Waals surface area contributed by atoms with Crippen molar-refractivity contribution in [2.45, 2.75) is 55.1 Å². The second-order valence-corrected chi connectivity index (χ2v) is 12.9. The number of carbonyl (C=O) groups is 5. The number of carbonyl (C=O) groups excluding carboxylic acids is 4. The number of carboxylic acid groups (broad SMARTS) is 1. The lowest BCUT2D eigenvalue weighted by Crippen LogP contribution is -2.58.